The van der Waals surface area contributed by atoms with Gasteiger partial charge in [-0.2, -0.15) is 0 Å². The van der Waals surface area contributed by atoms with Crippen LogP contribution in [0.5, 0.6) is 0 Å². The molecule has 262 valence electrons. The van der Waals surface area contributed by atoms with Gasteiger partial charge in [-0.05, 0) is 76.7 Å². The standard InChI is InChI=1S/C50H37N5/c1-3-35(30-34(2)39-27-28-47-45(32-39)44-21-10-11-22-46(44)55(47)43-19-8-5-9-20-43)40-16-12-17-41(31-40)50-53-48(37-14-6-4-7-15-37)52-49(54-50)38-25-23-36(24-26-38)42-18-13-29-51-33-42/h3-29,31-33,35H,1-2,30H2. The molecule has 0 N–H and O–H groups in total. The summed E-state index contributed by atoms with van der Waals surface area (Å²) in [5, 5.41) is 2.43. The third-order valence-corrected chi connectivity index (χ3v) is 10.2. The van der Waals surface area contributed by atoms with E-state index < -0.39 is 0 Å². The topological polar surface area (TPSA) is 56.5 Å². The van der Waals surface area contributed by atoms with Crippen LogP contribution in [0.15, 0.2) is 195 Å². The molecule has 0 saturated carbocycles. The van der Waals surface area contributed by atoms with Gasteiger partial charge in [0.05, 0.1) is 11.0 Å². The highest BCUT2D eigenvalue weighted by atomic mass is 15.0. The molecule has 9 aromatic rings. The summed E-state index contributed by atoms with van der Waals surface area (Å²) in [6.07, 6.45) is 6.39. The number of hydrogen-bond acceptors (Lipinski definition) is 4. The number of pyridine rings is 1. The van der Waals surface area contributed by atoms with Crippen molar-refractivity contribution in [2.75, 3.05) is 0 Å². The van der Waals surface area contributed by atoms with Gasteiger partial charge >= 0.3 is 0 Å². The molecule has 9 rings (SSSR count). The van der Waals surface area contributed by atoms with Gasteiger partial charge in [0.1, 0.15) is 0 Å². The summed E-state index contributed by atoms with van der Waals surface area (Å²) in [7, 11) is 0. The first-order valence-electron chi connectivity index (χ1n) is 18.4. The zero-order valence-electron chi connectivity index (χ0n) is 30.3. The molecule has 0 spiro atoms. The van der Waals surface area contributed by atoms with E-state index >= 15 is 0 Å². The van der Waals surface area contributed by atoms with Crippen LogP contribution in [-0.4, -0.2) is 24.5 Å². The number of allylic oxidation sites excluding steroid dienone is 2. The van der Waals surface area contributed by atoms with Gasteiger partial charge in [0.25, 0.3) is 0 Å². The van der Waals surface area contributed by atoms with E-state index in [1.165, 1.54) is 21.8 Å². The van der Waals surface area contributed by atoms with Gasteiger partial charge in [-0.1, -0.05) is 134 Å². The molecule has 1 unspecified atom stereocenters. The summed E-state index contributed by atoms with van der Waals surface area (Å²) < 4.78 is 2.34. The Balaban J connectivity index is 1.04. The summed E-state index contributed by atoms with van der Waals surface area (Å²) in [6.45, 7) is 8.86. The van der Waals surface area contributed by atoms with Crippen molar-refractivity contribution in [2.45, 2.75) is 12.3 Å². The van der Waals surface area contributed by atoms with Crippen LogP contribution in [0, 0.1) is 0 Å². The number of hydrogen-bond donors (Lipinski definition) is 0. The van der Waals surface area contributed by atoms with Crippen molar-refractivity contribution in [1.82, 2.24) is 24.5 Å². The van der Waals surface area contributed by atoms with E-state index in [1.807, 2.05) is 48.7 Å². The van der Waals surface area contributed by atoms with Crippen molar-refractivity contribution in [3.8, 4) is 51.0 Å². The lowest BCUT2D eigenvalue weighted by molar-refractivity contribution is 0.880. The second-order valence-electron chi connectivity index (χ2n) is 13.7. The lowest BCUT2D eigenvalue weighted by Crippen LogP contribution is -2.01. The van der Waals surface area contributed by atoms with E-state index in [4.69, 9.17) is 15.0 Å². The van der Waals surface area contributed by atoms with Gasteiger partial charge in [0.2, 0.25) is 0 Å². The maximum absolute atomic E-state index is 5.03. The average Bonchev–Trinajstić information content (AvgIpc) is 3.60. The summed E-state index contributed by atoms with van der Waals surface area (Å²) in [6, 6.07) is 56.6. The highest BCUT2D eigenvalue weighted by Gasteiger charge is 2.18. The minimum absolute atomic E-state index is 0.0312. The second kappa shape index (κ2) is 14.6. The summed E-state index contributed by atoms with van der Waals surface area (Å²) >= 11 is 0. The Kier molecular flexibility index (Phi) is 8.94. The molecule has 3 aromatic heterocycles. The Morgan fingerprint density at radius 1 is 0.545 bits per heavy atom. The van der Waals surface area contributed by atoms with E-state index in [0.717, 1.165) is 56.6 Å². The summed E-state index contributed by atoms with van der Waals surface area (Å²) in [5.74, 6) is 1.89. The van der Waals surface area contributed by atoms with Crippen molar-refractivity contribution in [2.24, 2.45) is 0 Å². The molecule has 0 saturated heterocycles. The molecule has 3 heterocycles. The van der Waals surface area contributed by atoms with Crippen LogP contribution in [0.3, 0.4) is 0 Å². The monoisotopic (exact) mass is 707 g/mol. The Hall–Kier alpha value is -7.24. The largest absolute Gasteiger partial charge is 0.309 e. The van der Waals surface area contributed by atoms with Gasteiger partial charge in [-0.25, -0.2) is 15.0 Å². The van der Waals surface area contributed by atoms with Crippen LogP contribution in [0.1, 0.15) is 23.5 Å². The lowest BCUT2D eigenvalue weighted by Gasteiger charge is -2.17. The van der Waals surface area contributed by atoms with Crippen molar-refractivity contribution in [1.29, 1.82) is 0 Å². The van der Waals surface area contributed by atoms with E-state index in [2.05, 4.69) is 150 Å². The van der Waals surface area contributed by atoms with Crippen LogP contribution in [-0.2, 0) is 0 Å². The van der Waals surface area contributed by atoms with Crippen LogP contribution >= 0.6 is 0 Å². The van der Waals surface area contributed by atoms with E-state index in [1.54, 1.807) is 6.20 Å². The summed E-state index contributed by atoms with van der Waals surface area (Å²) in [5.41, 5.74) is 11.7. The smallest absolute Gasteiger partial charge is 0.164 e. The van der Waals surface area contributed by atoms with E-state index in [9.17, 15) is 0 Å². The number of aromatic nitrogens is 5. The fraction of sp³-hybridized carbons (Fsp3) is 0.0400. The molecule has 1 atom stereocenters. The van der Waals surface area contributed by atoms with Crippen molar-refractivity contribution in [3.05, 3.63) is 207 Å². The quantitative estimate of drug-likeness (QED) is 0.133. The molecule has 5 heteroatoms. The van der Waals surface area contributed by atoms with Gasteiger partial charge in [-0.15, -0.1) is 6.58 Å². The van der Waals surface area contributed by atoms with Crippen LogP contribution in [0.25, 0.3) is 78.4 Å². The molecule has 0 radical (unpaired) electrons. The zero-order chi connectivity index (χ0) is 37.1. The predicted molar refractivity (Wildman–Crippen MR) is 227 cm³/mol. The predicted octanol–water partition coefficient (Wildman–Crippen LogP) is 12.4. The van der Waals surface area contributed by atoms with Gasteiger partial charge in [-0.3, -0.25) is 4.98 Å². The van der Waals surface area contributed by atoms with Gasteiger partial charge < -0.3 is 4.57 Å². The maximum Gasteiger partial charge on any atom is 0.164 e. The van der Waals surface area contributed by atoms with E-state index in [0.29, 0.717) is 17.5 Å². The molecule has 55 heavy (non-hydrogen) atoms. The number of para-hydroxylation sites is 2. The zero-order valence-corrected chi connectivity index (χ0v) is 30.3. The highest BCUT2D eigenvalue weighted by molar-refractivity contribution is 6.10. The van der Waals surface area contributed by atoms with Crippen molar-refractivity contribution in [3.63, 3.8) is 0 Å². The summed E-state index contributed by atoms with van der Waals surface area (Å²) in [4.78, 5) is 19.3. The average molecular weight is 708 g/mol. The molecule has 0 fully saturated rings. The minimum atomic E-state index is 0.0312. The molecule has 0 bridgehead atoms. The number of fused-ring (bicyclic) bond motifs is 3. The van der Waals surface area contributed by atoms with Crippen molar-refractivity contribution >= 4 is 27.4 Å². The molecular formula is C50H37N5. The first-order valence-corrected chi connectivity index (χ1v) is 18.4. The Morgan fingerprint density at radius 3 is 1.89 bits per heavy atom. The molecule has 0 aliphatic heterocycles. The van der Waals surface area contributed by atoms with Gasteiger partial charge in [0.15, 0.2) is 17.5 Å². The second-order valence-corrected chi connectivity index (χ2v) is 13.7. The number of benzene rings is 6. The highest BCUT2D eigenvalue weighted by Crippen LogP contribution is 2.37. The Bertz CT molecular complexity index is 2810. The molecule has 5 nitrogen and oxygen atoms in total. The third-order valence-electron chi connectivity index (χ3n) is 10.2. The fourth-order valence-electron chi connectivity index (χ4n) is 7.37. The van der Waals surface area contributed by atoms with Crippen LogP contribution in [0.2, 0.25) is 0 Å². The van der Waals surface area contributed by atoms with Crippen LogP contribution in [0.4, 0.5) is 0 Å². The molecule has 0 aliphatic carbocycles. The van der Waals surface area contributed by atoms with Crippen LogP contribution < -0.4 is 0 Å². The van der Waals surface area contributed by atoms with Crippen molar-refractivity contribution < 1.29 is 0 Å². The normalized spacial score (nSPS) is 11.8. The number of rotatable bonds is 10. The molecule has 0 amide bonds. The fourth-order valence-corrected chi connectivity index (χ4v) is 7.37. The molecule has 0 aliphatic rings. The Morgan fingerprint density at radius 2 is 1.16 bits per heavy atom. The van der Waals surface area contributed by atoms with Gasteiger partial charge in [0, 0.05) is 51.5 Å². The third kappa shape index (κ3) is 6.64. The molecular weight excluding hydrogens is 671 g/mol. The van der Waals surface area contributed by atoms with E-state index in [-0.39, 0.29) is 5.92 Å². The Labute approximate surface area is 320 Å². The lowest BCUT2D eigenvalue weighted by atomic mass is 9.88. The maximum atomic E-state index is 5.03. The minimum Gasteiger partial charge on any atom is -0.309 e. The first-order chi connectivity index (χ1) is 27.1. The first kappa shape index (κ1) is 33.6. The SMILES string of the molecule is C=CC(CC(=C)c1ccc2c(c1)c1ccccc1n2-c1ccccc1)c1cccc(-c2nc(-c3ccccc3)nc(-c3ccc(-c4cccnc4)cc3)n2)c1. The molecule has 6 aromatic carbocycles. The number of nitrogens with zero attached hydrogens (tertiary/aromatic N) is 5.